The van der Waals surface area contributed by atoms with Crippen LogP contribution in [0, 0.1) is 33.3 Å². The molecule has 0 aromatic carbocycles. The molecule has 1 aliphatic carbocycles. The van der Waals surface area contributed by atoms with Crippen LogP contribution in [-0.2, 0) is 16.1 Å². The van der Waals surface area contributed by atoms with Gasteiger partial charge in [0.2, 0.25) is 0 Å². The van der Waals surface area contributed by atoms with Crippen LogP contribution in [0.1, 0.15) is 48.0 Å². The Morgan fingerprint density at radius 3 is 2.59 bits per heavy atom. The topological polar surface area (TPSA) is 116 Å². The molecule has 1 N–H and O–H groups in total. The molecule has 0 aliphatic heterocycles. The molecule has 0 bridgehead atoms. The number of nitrogens with one attached hydrogen (secondary N) is 1. The van der Waals surface area contributed by atoms with Crippen molar-refractivity contribution in [3.8, 4) is 0 Å². The first-order valence-electron chi connectivity index (χ1n) is 9.78. The molecule has 0 saturated heterocycles. The second kappa shape index (κ2) is 8.81. The van der Waals surface area contributed by atoms with Crippen molar-refractivity contribution in [1.29, 1.82) is 0 Å². The Labute approximate surface area is 178 Å². The van der Waals surface area contributed by atoms with Gasteiger partial charge in [-0.15, -0.1) is 4.68 Å². The molecule has 10 heteroatoms. The molecule has 0 radical (unpaired) electrons. The molecule has 29 heavy (non-hydrogen) atoms. The normalized spacial score (nSPS) is 26.0. The fourth-order valence-electron chi connectivity index (χ4n) is 3.97. The van der Waals surface area contributed by atoms with Crippen LogP contribution in [-0.4, -0.2) is 33.3 Å². The van der Waals surface area contributed by atoms with E-state index in [2.05, 4.69) is 61.0 Å². The summed E-state index contributed by atoms with van der Waals surface area (Å²) in [7, 11) is 0. The van der Waals surface area contributed by atoms with Crippen LogP contribution in [0.3, 0.4) is 0 Å². The summed E-state index contributed by atoms with van der Waals surface area (Å²) in [4.78, 5) is 35.4. The molecule has 0 amide bonds. The molecule has 162 valence electrons. The van der Waals surface area contributed by atoms with Gasteiger partial charge in [-0.1, -0.05) is 34.6 Å². The number of hydrogen-bond acceptors (Lipinski definition) is 7. The van der Waals surface area contributed by atoms with E-state index in [1.165, 1.54) is 0 Å². The average Bonchev–Trinajstić information content (AvgIpc) is 2.64. The van der Waals surface area contributed by atoms with Crippen molar-refractivity contribution in [2.24, 2.45) is 23.2 Å². The van der Waals surface area contributed by atoms with Crippen LogP contribution in [0.2, 0.25) is 0 Å². The molecule has 9 nitrogen and oxygen atoms in total. The summed E-state index contributed by atoms with van der Waals surface area (Å²) < 4.78 is 5.55. The zero-order chi connectivity index (χ0) is 22.1. The highest BCUT2D eigenvalue weighted by molar-refractivity contribution is 9.10. The first kappa shape index (κ1) is 23.3. The number of rotatable bonds is 6. The minimum atomic E-state index is -0.685. The van der Waals surface area contributed by atoms with Gasteiger partial charge in [-0.3, -0.25) is 4.79 Å². The van der Waals surface area contributed by atoms with E-state index in [1.807, 2.05) is 0 Å². The Kier molecular flexibility index (Phi) is 7.08. The van der Waals surface area contributed by atoms with Crippen LogP contribution in [0.4, 0.5) is 11.5 Å². The Balaban J connectivity index is 2.43. The highest BCUT2D eigenvalue weighted by atomic mass is 79.9. The van der Waals surface area contributed by atoms with Gasteiger partial charge in [-0.25, -0.2) is 4.79 Å². The summed E-state index contributed by atoms with van der Waals surface area (Å²) in [5.41, 5.74) is -0.436. The van der Waals surface area contributed by atoms with Crippen LogP contribution in [0.25, 0.3) is 0 Å². The van der Waals surface area contributed by atoms with Gasteiger partial charge in [0.25, 0.3) is 0 Å². The van der Waals surface area contributed by atoms with Gasteiger partial charge in [0, 0.05) is 6.04 Å². The number of ether oxygens (including phenoxy) is 1. The van der Waals surface area contributed by atoms with Gasteiger partial charge in [-0.05, 0) is 57.4 Å². The van der Waals surface area contributed by atoms with Crippen molar-refractivity contribution in [2.75, 3.05) is 11.9 Å². The Bertz CT molecular complexity index is 854. The van der Waals surface area contributed by atoms with E-state index in [4.69, 9.17) is 4.74 Å². The zero-order valence-corrected chi connectivity index (χ0v) is 19.3. The van der Waals surface area contributed by atoms with Gasteiger partial charge in [0.1, 0.15) is 4.47 Å². The molecule has 0 spiro atoms. The van der Waals surface area contributed by atoms with Crippen LogP contribution in [0.5, 0.6) is 0 Å². The predicted molar refractivity (Wildman–Crippen MR) is 113 cm³/mol. The largest absolute Gasteiger partial charge is 0.465 e. The quantitative estimate of drug-likeness (QED) is 0.381. The molecule has 1 saturated carbocycles. The van der Waals surface area contributed by atoms with E-state index in [1.54, 1.807) is 6.92 Å². The molecule has 1 heterocycles. The summed E-state index contributed by atoms with van der Waals surface area (Å²) in [5.74, 6) is -0.192. The summed E-state index contributed by atoms with van der Waals surface area (Å²) in [5, 5.41) is 18.7. The van der Waals surface area contributed by atoms with Gasteiger partial charge >= 0.3 is 17.3 Å². The third-order valence-corrected chi connectivity index (χ3v) is 7.38. The number of anilines is 1. The minimum Gasteiger partial charge on any atom is -0.465 e. The minimum absolute atomic E-state index is 0.0131. The predicted octanol–water partition coefficient (Wildman–Crippen LogP) is 3.60. The average molecular weight is 473 g/mol. The molecule has 2 rings (SSSR count). The number of aromatic nitrogens is 2. The molecular formula is C19H29BrN4O5. The zero-order valence-electron chi connectivity index (χ0n) is 17.7. The Hall–Kier alpha value is -1.97. The highest BCUT2D eigenvalue weighted by Gasteiger charge is 2.44. The second-order valence-corrected chi connectivity index (χ2v) is 9.19. The molecule has 0 unspecified atom stereocenters. The van der Waals surface area contributed by atoms with Gasteiger partial charge in [0.05, 0.1) is 11.7 Å². The third kappa shape index (κ3) is 4.62. The summed E-state index contributed by atoms with van der Waals surface area (Å²) in [6.45, 7) is 12.2. The Morgan fingerprint density at radius 1 is 1.41 bits per heavy atom. The van der Waals surface area contributed by atoms with Crippen molar-refractivity contribution < 1.29 is 14.5 Å². The van der Waals surface area contributed by atoms with Crippen molar-refractivity contribution in [3.63, 3.8) is 0 Å². The number of carbonyl (C=O) groups excluding carboxylic acids is 1. The summed E-state index contributed by atoms with van der Waals surface area (Å²) in [6.07, 6.45) is 0.814. The second-order valence-electron chi connectivity index (χ2n) is 8.39. The van der Waals surface area contributed by atoms with E-state index < -0.39 is 28.8 Å². The van der Waals surface area contributed by atoms with Crippen molar-refractivity contribution in [1.82, 2.24) is 9.78 Å². The van der Waals surface area contributed by atoms with E-state index in [0.717, 1.165) is 11.1 Å². The van der Waals surface area contributed by atoms with E-state index in [0.29, 0.717) is 11.8 Å². The lowest BCUT2D eigenvalue weighted by Gasteiger charge is -2.50. The van der Waals surface area contributed by atoms with Crippen LogP contribution in [0.15, 0.2) is 9.27 Å². The van der Waals surface area contributed by atoms with Crippen molar-refractivity contribution in [3.05, 3.63) is 24.9 Å². The standard InChI is InChI=1S/C19H29BrN4O5/c1-7-29-14(25)9-23-18(26)15(20)16(17(22-23)24(27)28)21-13-8-10(2)19(5,6)12(4)11(13)3/h10-13,21H,7-9H2,1-6H3/t10-,11+,12+,13+/m0/s1. The first-order chi connectivity index (χ1) is 13.4. The highest BCUT2D eigenvalue weighted by Crippen LogP contribution is 2.48. The molecule has 1 fully saturated rings. The van der Waals surface area contributed by atoms with Gasteiger partial charge in [-0.2, -0.15) is 0 Å². The third-order valence-electron chi connectivity index (χ3n) is 6.64. The monoisotopic (exact) mass is 472 g/mol. The van der Waals surface area contributed by atoms with Crippen LogP contribution < -0.4 is 10.9 Å². The summed E-state index contributed by atoms with van der Waals surface area (Å²) >= 11 is 3.19. The lowest BCUT2D eigenvalue weighted by atomic mass is 9.58. The van der Waals surface area contributed by atoms with E-state index >= 15 is 0 Å². The van der Waals surface area contributed by atoms with Crippen molar-refractivity contribution in [2.45, 2.75) is 60.5 Å². The van der Waals surface area contributed by atoms with E-state index in [9.17, 15) is 19.7 Å². The fraction of sp³-hybridized carbons (Fsp3) is 0.737. The first-order valence-corrected chi connectivity index (χ1v) is 10.6. The Morgan fingerprint density at radius 2 is 2.03 bits per heavy atom. The maximum atomic E-state index is 12.6. The molecule has 1 aliphatic rings. The maximum absolute atomic E-state index is 12.6. The molecule has 1 aromatic heterocycles. The van der Waals surface area contributed by atoms with Crippen molar-refractivity contribution >= 4 is 33.4 Å². The van der Waals surface area contributed by atoms with Gasteiger partial charge < -0.3 is 20.2 Å². The van der Waals surface area contributed by atoms with Gasteiger partial charge in [0.15, 0.2) is 12.2 Å². The maximum Gasteiger partial charge on any atom is 0.413 e. The number of nitro groups is 1. The molecule has 1 aromatic rings. The lowest BCUT2D eigenvalue weighted by molar-refractivity contribution is -0.389. The number of hydrogen-bond donors (Lipinski definition) is 1. The fourth-order valence-corrected chi connectivity index (χ4v) is 4.47. The lowest BCUT2D eigenvalue weighted by Crippen LogP contribution is -2.48. The SMILES string of the molecule is CCOC(=O)Cn1nc([N+](=O)[O-])c(N[C@@H]2C[C@H](C)C(C)(C)[C@H](C)[C@H]2C)c(Br)c1=O. The van der Waals surface area contributed by atoms with Crippen LogP contribution >= 0.6 is 15.9 Å². The smallest absolute Gasteiger partial charge is 0.413 e. The molecule has 4 atom stereocenters. The van der Waals surface area contributed by atoms with E-state index in [-0.39, 0.29) is 34.1 Å². The number of halogens is 1. The number of nitrogens with zero attached hydrogens (tertiary/aromatic N) is 3. The number of esters is 1. The molecular weight excluding hydrogens is 444 g/mol. The summed E-state index contributed by atoms with van der Waals surface area (Å²) in [6, 6.07) is -0.0508. The number of carbonyl (C=O) groups is 1.